The second-order valence-corrected chi connectivity index (χ2v) is 7.71. The van der Waals surface area contributed by atoms with Crippen molar-refractivity contribution in [2.45, 2.75) is 19.9 Å². The van der Waals surface area contributed by atoms with E-state index >= 15 is 0 Å². The Morgan fingerprint density at radius 2 is 2.00 bits per heavy atom. The summed E-state index contributed by atoms with van der Waals surface area (Å²) in [5.41, 5.74) is 3.83. The van der Waals surface area contributed by atoms with Crippen LogP contribution in [0.25, 0.3) is 11.0 Å². The number of hydrogen-bond donors (Lipinski definition) is 1. The molecular formula is C21H21ClN4O2. The molecule has 144 valence electrons. The molecule has 28 heavy (non-hydrogen) atoms. The second-order valence-electron chi connectivity index (χ2n) is 7.28. The lowest BCUT2D eigenvalue weighted by Gasteiger charge is -2.16. The fourth-order valence-corrected chi connectivity index (χ4v) is 3.68. The maximum atomic E-state index is 12.7. The standard InChI is InChI=1S/C21H21ClN4O2/c1-13-3-5-14(6-4-13)11-26-12-15(9-19(26)27)20(28)24-21-23-17-10-16(22)7-8-18(17)25(21)2/h3-8,10,15H,9,11-12H2,1-2H3,(H,23,24,28). The molecule has 7 heteroatoms. The average Bonchev–Trinajstić information content (AvgIpc) is 3.17. The fraction of sp³-hybridized carbons (Fsp3) is 0.286. The van der Waals surface area contributed by atoms with E-state index in [4.69, 9.17) is 11.6 Å². The zero-order valence-electron chi connectivity index (χ0n) is 15.8. The van der Waals surface area contributed by atoms with Gasteiger partial charge in [0.2, 0.25) is 17.8 Å². The van der Waals surface area contributed by atoms with Crippen molar-refractivity contribution in [3.8, 4) is 0 Å². The van der Waals surface area contributed by atoms with E-state index in [-0.39, 0.29) is 24.2 Å². The summed E-state index contributed by atoms with van der Waals surface area (Å²) in [6.07, 6.45) is 0.216. The van der Waals surface area contributed by atoms with Gasteiger partial charge in [-0.1, -0.05) is 41.4 Å². The molecule has 1 atom stereocenters. The van der Waals surface area contributed by atoms with E-state index in [1.54, 1.807) is 17.0 Å². The van der Waals surface area contributed by atoms with E-state index in [1.807, 2.05) is 48.9 Å². The molecule has 1 aliphatic rings. The number of nitrogens with one attached hydrogen (secondary N) is 1. The first-order chi connectivity index (χ1) is 13.4. The molecule has 0 aliphatic carbocycles. The SMILES string of the molecule is Cc1ccc(CN2CC(C(=O)Nc3nc4cc(Cl)ccc4n3C)CC2=O)cc1. The molecule has 1 fully saturated rings. The zero-order valence-corrected chi connectivity index (χ0v) is 16.5. The van der Waals surface area contributed by atoms with Gasteiger partial charge >= 0.3 is 0 Å². The van der Waals surface area contributed by atoms with E-state index < -0.39 is 0 Å². The number of imidazole rings is 1. The number of likely N-dealkylation sites (tertiary alicyclic amines) is 1. The van der Waals surface area contributed by atoms with E-state index in [0.29, 0.717) is 29.6 Å². The Balaban J connectivity index is 1.45. The quantitative estimate of drug-likeness (QED) is 0.733. The number of anilines is 1. The zero-order chi connectivity index (χ0) is 19.8. The number of fused-ring (bicyclic) bond motifs is 1. The highest BCUT2D eigenvalue weighted by Crippen LogP contribution is 2.25. The number of amides is 2. The molecule has 6 nitrogen and oxygen atoms in total. The minimum Gasteiger partial charge on any atom is -0.338 e. The van der Waals surface area contributed by atoms with Crippen LogP contribution in [0.15, 0.2) is 42.5 Å². The van der Waals surface area contributed by atoms with Crippen molar-refractivity contribution in [2.24, 2.45) is 13.0 Å². The van der Waals surface area contributed by atoms with Crippen LogP contribution in [0.2, 0.25) is 5.02 Å². The maximum Gasteiger partial charge on any atom is 0.232 e. The molecule has 3 aromatic rings. The fourth-order valence-electron chi connectivity index (χ4n) is 3.51. The van der Waals surface area contributed by atoms with Gasteiger partial charge in [-0.25, -0.2) is 4.98 Å². The van der Waals surface area contributed by atoms with Gasteiger partial charge < -0.3 is 9.47 Å². The Bertz CT molecular complexity index is 1060. The molecule has 1 unspecified atom stereocenters. The summed E-state index contributed by atoms with van der Waals surface area (Å²) in [6, 6.07) is 13.5. The number of aryl methyl sites for hydroxylation is 2. The van der Waals surface area contributed by atoms with Crippen molar-refractivity contribution in [1.29, 1.82) is 0 Å². The third kappa shape index (κ3) is 3.60. The highest BCUT2D eigenvalue weighted by molar-refractivity contribution is 6.31. The van der Waals surface area contributed by atoms with Gasteiger partial charge in [0.05, 0.1) is 17.0 Å². The Morgan fingerprint density at radius 3 is 2.75 bits per heavy atom. The van der Waals surface area contributed by atoms with Crippen molar-refractivity contribution in [2.75, 3.05) is 11.9 Å². The summed E-state index contributed by atoms with van der Waals surface area (Å²) in [6.45, 7) is 2.96. The predicted molar refractivity (Wildman–Crippen MR) is 109 cm³/mol. The van der Waals surface area contributed by atoms with Crippen LogP contribution >= 0.6 is 11.6 Å². The molecule has 0 saturated carbocycles. The summed E-state index contributed by atoms with van der Waals surface area (Å²) in [5, 5.41) is 3.46. The van der Waals surface area contributed by atoms with Gasteiger partial charge in [0.25, 0.3) is 0 Å². The number of aromatic nitrogens is 2. The number of carbonyl (C=O) groups excluding carboxylic acids is 2. The molecule has 2 amide bonds. The molecule has 4 rings (SSSR count). The van der Waals surface area contributed by atoms with Crippen molar-refractivity contribution in [3.05, 3.63) is 58.6 Å². The number of halogens is 1. The van der Waals surface area contributed by atoms with Gasteiger partial charge in [0, 0.05) is 31.6 Å². The summed E-state index contributed by atoms with van der Waals surface area (Å²) < 4.78 is 1.81. The highest BCUT2D eigenvalue weighted by Gasteiger charge is 2.34. The van der Waals surface area contributed by atoms with Crippen molar-refractivity contribution in [3.63, 3.8) is 0 Å². The van der Waals surface area contributed by atoms with Crippen LogP contribution in [0.5, 0.6) is 0 Å². The highest BCUT2D eigenvalue weighted by atomic mass is 35.5. The molecule has 0 bridgehead atoms. The van der Waals surface area contributed by atoms with E-state index in [2.05, 4.69) is 10.3 Å². The molecule has 1 aliphatic heterocycles. The van der Waals surface area contributed by atoms with Crippen LogP contribution < -0.4 is 5.32 Å². The first-order valence-electron chi connectivity index (χ1n) is 9.17. The van der Waals surface area contributed by atoms with Crippen LogP contribution in [0.3, 0.4) is 0 Å². The molecule has 0 radical (unpaired) electrons. The number of carbonyl (C=O) groups is 2. The molecule has 2 aromatic carbocycles. The van der Waals surface area contributed by atoms with Gasteiger partial charge in [-0.2, -0.15) is 0 Å². The van der Waals surface area contributed by atoms with Crippen LogP contribution in [-0.2, 0) is 23.2 Å². The minimum atomic E-state index is -0.388. The van der Waals surface area contributed by atoms with Crippen molar-refractivity contribution >= 4 is 40.4 Å². The molecule has 1 N–H and O–H groups in total. The Morgan fingerprint density at radius 1 is 1.25 bits per heavy atom. The summed E-state index contributed by atoms with van der Waals surface area (Å²) in [7, 11) is 1.84. The molecule has 0 spiro atoms. The smallest absolute Gasteiger partial charge is 0.232 e. The lowest BCUT2D eigenvalue weighted by Crippen LogP contribution is -2.28. The van der Waals surface area contributed by atoms with Crippen LogP contribution in [0.4, 0.5) is 5.95 Å². The maximum absolute atomic E-state index is 12.7. The Labute approximate surface area is 168 Å². The molecule has 1 saturated heterocycles. The summed E-state index contributed by atoms with van der Waals surface area (Å²) in [4.78, 5) is 31.3. The van der Waals surface area contributed by atoms with E-state index in [0.717, 1.165) is 11.1 Å². The summed E-state index contributed by atoms with van der Waals surface area (Å²) >= 11 is 6.02. The third-order valence-electron chi connectivity index (χ3n) is 5.16. The van der Waals surface area contributed by atoms with Crippen LogP contribution in [0, 0.1) is 12.8 Å². The monoisotopic (exact) mass is 396 g/mol. The number of rotatable bonds is 4. The first-order valence-corrected chi connectivity index (χ1v) is 9.54. The molecular weight excluding hydrogens is 376 g/mol. The first kappa shape index (κ1) is 18.5. The van der Waals surface area contributed by atoms with Gasteiger partial charge in [-0.15, -0.1) is 0 Å². The lowest BCUT2D eigenvalue weighted by molar-refractivity contribution is -0.128. The summed E-state index contributed by atoms with van der Waals surface area (Å²) in [5.74, 6) is -0.130. The topological polar surface area (TPSA) is 67.2 Å². The average molecular weight is 397 g/mol. The number of benzene rings is 2. The Kier molecular flexibility index (Phi) is 4.81. The van der Waals surface area contributed by atoms with Gasteiger partial charge in [-0.05, 0) is 30.7 Å². The van der Waals surface area contributed by atoms with Crippen molar-refractivity contribution < 1.29 is 9.59 Å². The van der Waals surface area contributed by atoms with Crippen LogP contribution in [0.1, 0.15) is 17.5 Å². The third-order valence-corrected chi connectivity index (χ3v) is 5.39. The normalized spacial score (nSPS) is 16.8. The molecule has 2 heterocycles. The number of hydrogen-bond acceptors (Lipinski definition) is 3. The van der Waals surface area contributed by atoms with E-state index in [9.17, 15) is 9.59 Å². The van der Waals surface area contributed by atoms with Gasteiger partial charge in [-0.3, -0.25) is 14.9 Å². The van der Waals surface area contributed by atoms with E-state index in [1.165, 1.54) is 5.56 Å². The van der Waals surface area contributed by atoms with Gasteiger partial charge in [0.15, 0.2) is 0 Å². The van der Waals surface area contributed by atoms with Gasteiger partial charge in [0.1, 0.15) is 0 Å². The van der Waals surface area contributed by atoms with Crippen LogP contribution in [-0.4, -0.2) is 32.8 Å². The van der Waals surface area contributed by atoms with Crippen molar-refractivity contribution in [1.82, 2.24) is 14.5 Å². The Hall–Kier alpha value is -2.86. The number of nitrogens with zero attached hydrogens (tertiary/aromatic N) is 3. The minimum absolute atomic E-state index is 0.00231. The second kappa shape index (κ2) is 7.28. The predicted octanol–water partition coefficient (Wildman–Crippen LogP) is 3.52. The molecule has 1 aromatic heterocycles. The lowest BCUT2D eigenvalue weighted by atomic mass is 10.1. The largest absolute Gasteiger partial charge is 0.338 e.